The lowest BCUT2D eigenvalue weighted by atomic mass is 10.1. The zero-order valence-corrected chi connectivity index (χ0v) is 9.28. The Morgan fingerprint density at radius 2 is 2.13 bits per heavy atom. The van der Waals surface area contributed by atoms with Crippen molar-refractivity contribution in [1.29, 1.82) is 0 Å². The van der Waals surface area contributed by atoms with Gasteiger partial charge >= 0.3 is 5.97 Å². The van der Waals surface area contributed by atoms with E-state index in [0.29, 0.717) is 6.42 Å². The number of alkyl halides is 1. The molecule has 0 amide bonds. The van der Waals surface area contributed by atoms with Crippen molar-refractivity contribution in [2.24, 2.45) is 0 Å². The molecule has 0 aliphatic rings. The molecule has 0 fully saturated rings. The molecule has 0 saturated heterocycles. The first kappa shape index (κ1) is 11.8. The lowest BCUT2D eigenvalue weighted by Gasteiger charge is -2.03. The van der Waals surface area contributed by atoms with Crippen LogP contribution in [0.1, 0.15) is 5.56 Å². The third-order valence-electron chi connectivity index (χ3n) is 1.92. The van der Waals surface area contributed by atoms with Crippen LogP contribution in [-0.2, 0) is 16.0 Å². The van der Waals surface area contributed by atoms with E-state index in [1.54, 1.807) is 6.08 Å². The number of methoxy groups -OCH3 is 1. The fourth-order valence-electron chi connectivity index (χ4n) is 1.16. The van der Waals surface area contributed by atoms with Gasteiger partial charge in [-0.15, -0.1) is 11.6 Å². The maximum atomic E-state index is 10.8. The summed E-state index contributed by atoms with van der Waals surface area (Å²) in [6, 6.07) is 9.88. The molecule has 0 bridgehead atoms. The number of carbonyl (C=O) groups excluding carboxylic acids is 1. The van der Waals surface area contributed by atoms with Crippen LogP contribution in [0.2, 0.25) is 0 Å². The molecular weight excluding hydrogens is 212 g/mol. The molecule has 0 aliphatic heterocycles. The van der Waals surface area contributed by atoms with Crippen LogP contribution in [0.4, 0.5) is 0 Å². The summed E-state index contributed by atoms with van der Waals surface area (Å²) in [6.45, 7) is 0. The SMILES string of the molecule is COC(=O)/C=C/[C@H](Cl)Cc1ccccc1. The van der Waals surface area contributed by atoms with E-state index in [0.717, 1.165) is 5.56 Å². The highest BCUT2D eigenvalue weighted by Gasteiger charge is 2.02. The molecule has 0 saturated carbocycles. The van der Waals surface area contributed by atoms with Crippen LogP contribution >= 0.6 is 11.6 Å². The Morgan fingerprint density at radius 3 is 2.73 bits per heavy atom. The molecule has 0 spiro atoms. The van der Waals surface area contributed by atoms with Gasteiger partial charge in [0.1, 0.15) is 0 Å². The molecule has 1 atom stereocenters. The summed E-state index contributed by atoms with van der Waals surface area (Å²) in [5.74, 6) is -0.381. The van der Waals surface area contributed by atoms with Crippen LogP contribution in [0, 0.1) is 0 Å². The van der Waals surface area contributed by atoms with E-state index in [2.05, 4.69) is 4.74 Å². The third kappa shape index (κ3) is 4.66. The van der Waals surface area contributed by atoms with E-state index in [-0.39, 0.29) is 11.3 Å². The lowest BCUT2D eigenvalue weighted by molar-refractivity contribution is -0.134. The van der Waals surface area contributed by atoms with Gasteiger partial charge in [0, 0.05) is 6.08 Å². The van der Waals surface area contributed by atoms with Gasteiger partial charge in [0.25, 0.3) is 0 Å². The summed E-state index contributed by atoms with van der Waals surface area (Å²) in [6.07, 6.45) is 3.69. The minimum absolute atomic E-state index is 0.188. The van der Waals surface area contributed by atoms with Crippen molar-refractivity contribution in [2.45, 2.75) is 11.8 Å². The summed E-state index contributed by atoms with van der Waals surface area (Å²) in [7, 11) is 1.34. The van der Waals surface area contributed by atoms with Crippen LogP contribution in [-0.4, -0.2) is 18.5 Å². The van der Waals surface area contributed by atoms with Crippen molar-refractivity contribution in [1.82, 2.24) is 0 Å². The second-order valence-corrected chi connectivity index (χ2v) is 3.65. The highest BCUT2D eigenvalue weighted by Crippen LogP contribution is 2.09. The topological polar surface area (TPSA) is 26.3 Å². The van der Waals surface area contributed by atoms with Crippen molar-refractivity contribution in [3.05, 3.63) is 48.0 Å². The molecule has 0 heterocycles. The largest absolute Gasteiger partial charge is 0.466 e. The molecule has 80 valence electrons. The first-order chi connectivity index (χ1) is 7.22. The Bertz CT molecular complexity index is 333. The predicted molar refractivity (Wildman–Crippen MR) is 60.9 cm³/mol. The van der Waals surface area contributed by atoms with Crippen LogP contribution in [0.3, 0.4) is 0 Å². The minimum atomic E-state index is -0.381. The molecule has 1 rings (SSSR count). The number of hydrogen-bond donors (Lipinski definition) is 0. The highest BCUT2D eigenvalue weighted by molar-refractivity contribution is 6.22. The van der Waals surface area contributed by atoms with E-state index in [1.807, 2.05) is 30.3 Å². The van der Waals surface area contributed by atoms with Gasteiger partial charge in [0.05, 0.1) is 12.5 Å². The molecule has 2 nitrogen and oxygen atoms in total. The van der Waals surface area contributed by atoms with Crippen LogP contribution in [0.15, 0.2) is 42.5 Å². The first-order valence-corrected chi connectivity index (χ1v) is 5.10. The summed E-state index contributed by atoms with van der Waals surface area (Å²) < 4.78 is 4.47. The van der Waals surface area contributed by atoms with E-state index in [4.69, 9.17) is 11.6 Å². The van der Waals surface area contributed by atoms with Gasteiger partial charge in [0.15, 0.2) is 0 Å². The molecular formula is C12H13ClO2. The first-order valence-electron chi connectivity index (χ1n) is 4.66. The van der Waals surface area contributed by atoms with E-state index in [9.17, 15) is 4.79 Å². The van der Waals surface area contributed by atoms with Crippen molar-refractivity contribution < 1.29 is 9.53 Å². The number of carbonyl (C=O) groups is 1. The Balaban J connectivity index is 2.46. The zero-order valence-electron chi connectivity index (χ0n) is 8.52. The fraction of sp³-hybridized carbons (Fsp3) is 0.250. The van der Waals surface area contributed by atoms with Crippen molar-refractivity contribution >= 4 is 17.6 Å². The molecule has 0 aromatic heterocycles. The summed E-state index contributed by atoms with van der Waals surface area (Å²) in [5.41, 5.74) is 1.15. The fourth-order valence-corrected chi connectivity index (χ4v) is 1.41. The Morgan fingerprint density at radius 1 is 1.47 bits per heavy atom. The summed E-state index contributed by atoms with van der Waals surface area (Å²) in [4.78, 5) is 10.8. The smallest absolute Gasteiger partial charge is 0.330 e. The summed E-state index contributed by atoms with van der Waals surface area (Å²) >= 11 is 6.02. The lowest BCUT2D eigenvalue weighted by Crippen LogP contribution is -2.01. The molecule has 15 heavy (non-hydrogen) atoms. The second kappa shape index (κ2) is 6.25. The molecule has 1 aromatic rings. The van der Waals surface area contributed by atoms with Gasteiger partial charge < -0.3 is 4.74 Å². The van der Waals surface area contributed by atoms with Crippen LogP contribution in [0.25, 0.3) is 0 Å². The van der Waals surface area contributed by atoms with Gasteiger partial charge in [-0.25, -0.2) is 4.79 Å². The average molecular weight is 225 g/mol. The highest BCUT2D eigenvalue weighted by atomic mass is 35.5. The third-order valence-corrected chi connectivity index (χ3v) is 2.22. The molecule has 1 aromatic carbocycles. The van der Waals surface area contributed by atoms with Crippen LogP contribution < -0.4 is 0 Å². The van der Waals surface area contributed by atoms with Gasteiger partial charge in [0.2, 0.25) is 0 Å². The minimum Gasteiger partial charge on any atom is -0.466 e. The molecule has 0 radical (unpaired) electrons. The maximum Gasteiger partial charge on any atom is 0.330 e. The second-order valence-electron chi connectivity index (χ2n) is 3.09. The number of esters is 1. The molecule has 0 aliphatic carbocycles. The monoisotopic (exact) mass is 224 g/mol. The van der Waals surface area contributed by atoms with Crippen LogP contribution in [0.5, 0.6) is 0 Å². The number of benzene rings is 1. The van der Waals surface area contributed by atoms with E-state index >= 15 is 0 Å². The molecule has 0 unspecified atom stereocenters. The average Bonchev–Trinajstić information content (AvgIpc) is 2.27. The predicted octanol–water partition coefficient (Wildman–Crippen LogP) is 2.57. The number of allylic oxidation sites excluding steroid dienone is 1. The Hall–Kier alpha value is -1.28. The molecule has 0 N–H and O–H groups in total. The van der Waals surface area contributed by atoms with Gasteiger partial charge in [-0.2, -0.15) is 0 Å². The summed E-state index contributed by atoms with van der Waals surface area (Å²) in [5, 5.41) is -0.188. The Labute approximate surface area is 94.5 Å². The van der Waals surface area contributed by atoms with Gasteiger partial charge in [-0.3, -0.25) is 0 Å². The number of rotatable bonds is 4. The van der Waals surface area contributed by atoms with Crippen molar-refractivity contribution in [2.75, 3.05) is 7.11 Å². The maximum absolute atomic E-state index is 10.8. The van der Waals surface area contributed by atoms with Crippen molar-refractivity contribution in [3.8, 4) is 0 Å². The zero-order chi connectivity index (χ0) is 11.1. The number of ether oxygens (including phenoxy) is 1. The quantitative estimate of drug-likeness (QED) is 0.446. The van der Waals surface area contributed by atoms with Crippen molar-refractivity contribution in [3.63, 3.8) is 0 Å². The standard InChI is InChI=1S/C12H13ClO2/c1-15-12(14)8-7-11(13)9-10-5-3-2-4-6-10/h2-8,11H,9H2,1H3/b8-7+/t11-/m0/s1. The van der Waals surface area contributed by atoms with E-state index < -0.39 is 0 Å². The van der Waals surface area contributed by atoms with Gasteiger partial charge in [-0.1, -0.05) is 36.4 Å². The number of hydrogen-bond acceptors (Lipinski definition) is 2. The molecule has 3 heteroatoms. The number of halogens is 1. The van der Waals surface area contributed by atoms with Gasteiger partial charge in [-0.05, 0) is 12.0 Å². The Kier molecular flexibility index (Phi) is 4.91. The normalized spacial score (nSPS) is 12.7. The van der Waals surface area contributed by atoms with E-state index in [1.165, 1.54) is 13.2 Å².